The Morgan fingerprint density at radius 3 is 2.59 bits per heavy atom. The third-order valence-electron chi connectivity index (χ3n) is 4.09. The number of hydrazine groups is 1. The van der Waals surface area contributed by atoms with Crippen LogP contribution in [0.4, 0.5) is 5.69 Å². The Kier molecular flexibility index (Phi) is 6.36. The summed E-state index contributed by atoms with van der Waals surface area (Å²) in [7, 11) is 0. The van der Waals surface area contributed by atoms with Gasteiger partial charge in [-0.05, 0) is 55.9 Å². The summed E-state index contributed by atoms with van der Waals surface area (Å²) >= 11 is 17.4. The number of benzene rings is 2. The molecule has 0 fully saturated rings. The minimum atomic E-state index is -0.483. The summed E-state index contributed by atoms with van der Waals surface area (Å²) in [5.74, 6) is -0.148. The van der Waals surface area contributed by atoms with Gasteiger partial charge in [-0.2, -0.15) is 0 Å². The van der Waals surface area contributed by atoms with Crippen molar-refractivity contribution in [2.24, 2.45) is 0 Å². The van der Waals surface area contributed by atoms with E-state index in [1.54, 1.807) is 13.0 Å². The van der Waals surface area contributed by atoms with E-state index in [-0.39, 0.29) is 22.1 Å². The van der Waals surface area contributed by atoms with Gasteiger partial charge >= 0.3 is 0 Å². The second kappa shape index (κ2) is 8.77. The van der Waals surface area contributed by atoms with Crippen molar-refractivity contribution in [1.82, 2.24) is 20.4 Å². The second-order valence-corrected chi connectivity index (χ2v) is 7.52. The second-order valence-electron chi connectivity index (χ2n) is 6.30. The zero-order chi connectivity index (χ0) is 21.1. The van der Waals surface area contributed by atoms with Crippen LogP contribution in [0.25, 0.3) is 10.9 Å². The molecule has 0 aliphatic heterocycles. The molecule has 3 rings (SSSR count). The van der Waals surface area contributed by atoms with E-state index in [4.69, 9.17) is 35.4 Å². The highest BCUT2D eigenvalue weighted by atomic mass is 35.5. The summed E-state index contributed by atoms with van der Waals surface area (Å²) in [6.07, 6.45) is 0. The highest BCUT2D eigenvalue weighted by Crippen LogP contribution is 2.25. The molecule has 1 heterocycles. The number of aromatic nitrogens is 2. The van der Waals surface area contributed by atoms with Gasteiger partial charge in [0.15, 0.2) is 5.11 Å². The van der Waals surface area contributed by atoms with E-state index in [0.29, 0.717) is 16.4 Å². The van der Waals surface area contributed by atoms with Crippen LogP contribution >= 0.6 is 35.4 Å². The van der Waals surface area contributed by atoms with Gasteiger partial charge in [0.05, 0.1) is 20.9 Å². The van der Waals surface area contributed by atoms with Gasteiger partial charge in [-0.3, -0.25) is 25.0 Å². The Bertz CT molecular complexity index is 1180. The van der Waals surface area contributed by atoms with Gasteiger partial charge in [-0.15, -0.1) is 0 Å². The molecule has 0 saturated heterocycles. The van der Waals surface area contributed by atoms with Gasteiger partial charge in [0.2, 0.25) is 0 Å². The molecule has 29 heavy (non-hydrogen) atoms. The first kappa shape index (κ1) is 21.0. The van der Waals surface area contributed by atoms with Crippen LogP contribution in [0.5, 0.6) is 0 Å². The van der Waals surface area contributed by atoms with Crippen LogP contribution in [0, 0.1) is 13.8 Å². The summed E-state index contributed by atoms with van der Waals surface area (Å²) in [5, 5.41) is 3.87. The number of fused-ring (bicyclic) bond motifs is 1. The van der Waals surface area contributed by atoms with Crippen LogP contribution < -0.4 is 21.7 Å². The van der Waals surface area contributed by atoms with Crippen molar-refractivity contribution >= 4 is 63.0 Å². The van der Waals surface area contributed by atoms with Crippen LogP contribution in [0.1, 0.15) is 11.4 Å². The number of nitrogens with one attached hydrogen (secondary N) is 3. The number of amides is 1. The molecule has 0 spiro atoms. The molecule has 0 saturated carbocycles. The first-order chi connectivity index (χ1) is 13.8. The van der Waals surface area contributed by atoms with E-state index >= 15 is 0 Å². The summed E-state index contributed by atoms with van der Waals surface area (Å²) in [4.78, 5) is 29.4. The number of carbonyl (C=O) groups excluding carboxylic acids is 1. The SMILES string of the molecule is Cc1cccc(NC(=S)NNC(=O)Cn2c(C)nc3c(Cl)ccc(Cl)c3c2=O)c1. The lowest BCUT2D eigenvalue weighted by molar-refractivity contribution is -0.122. The number of hydrogen-bond acceptors (Lipinski definition) is 4. The molecule has 0 aliphatic carbocycles. The number of hydrogen-bond donors (Lipinski definition) is 3. The van der Waals surface area contributed by atoms with Crippen molar-refractivity contribution in [3.8, 4) is 0 Å². The molecule has 0 radical (unpaired) electrons. The maximum absolute atomic E-state index is 12.8. The van der Waals surface area contributed by atoms with E-state index in [0.717, 1.165) is 11.3 Å². The Balaban J connectivity index is 1.71. The Morgan fingerprint density at radius 2 is 1.86 bits per heavy atom. The van der Waals surface area contributed by atoms with Crippen molar-refractivity contribution in [3.05, 3.63) is 68.2 Å². The summed E-state index contributed by atoms with van der Waals surface area (Å²) in [5.41, 5.74) is 6.77. The van der Waals surface area contributed by atoms with E-state index < -0.39 is 11.5 Å². The summed E-state index contributed by atoms with van der Waals surface area (Å²) < 4.78 is 1.22. The molecule has 1 amide bonds. The average Bonchev–Trinajstić information content (AvgIpc) is 2.66. The predicted molar refractivity (Wildman–Crippen MR) is 119 cm³/mol. The molecule has 150 valence electrons. The number of halogens is 2. The number of nitrogens with zero attached hydrogens (tertiary/aromatic N) is 2. The van der Waals surface area contributed by atoms with Gasteiger partial charge in [0.1, 0.15) is 12.4 Å². The highest BCUT2D eigenvalue weighted by molar-refractivity contribution is 7.80. The van der Waals surface area contributed by atoms with E-state index in [1.165, 1.54) is 10.6 Å². The molecule has 7 nitrogen and oxygen atoms in total. The monoisotopic (exact) mass is 449 g/mol. The van der Waals surface area contributed by atoms with Crippen LogP contribution in [0.3, 0.4) is 0 Å². The summed E-state index contributed by atoms with van der Waals surface area (Å²) in [6, 6.07) is 10.7. The molecule has 10 heteroatoms. The molecule has 0 unspecified atom stereocenters. The smallest absolute Gasteiger partial charge is 0.263 e. The lowest BCUT2D eigenvalue weighted by atomic mass is 10.2. The number of anilines is 1. The van der Waals surface area contributed by atoms with Gasteiger partial charge < -0.3 is 5.32 Å². The fourth-order valence-corrected chi connectivity index (χ4v) is 3.34. The van der Waals surface area contributed by atoms with Crippen molar-refractivity contribution in [3.63, 3.8) is 0 Å². The first-order valence-corrected chi connectivity index (χ1v) is 9.70. The van der Waals surface area contributed by atoms with Gasteiger partial charge in [-0.1, -0.05) is 35.3 Å². The maximum atomic E-state index is 12.8. The van der Waals surface area contributed by atoms with Crippen LogP contribution in [0.15, 0.2) is 41.2 Å². The number of carbonyl (C=O) groups is 1. The maximum Gasteiger partial charge on any atom is 0.263 e. The Morgan fingerprint density at radius 1 is 1.14 bits per heavy atom. The lowest BCUT2D eigenvalue weighted by Crippen LogP contribution is -2.46. The zero-order valence-electron chi connectivity index (χ0n) is 15.5. The van der Waals surface area contributed by atoms with Gasteiger partial charge in [0, 0.05) is 5.69 Å². The van der Waals surface area contributed by atoms with Crippen molar-refractivity contribution in [2.75, 3.05) is 5.32 Å². The topological polar surface area (TPSA) is 88.0 Å². The van der Waals surface area contributed by atoms with Crippen molar-refractivity contribution in [2.45, 2.75) is 20.4 Å². The van der Waals surface area contributed by atoms with Gasteiger partial charge in [0.25, 0.3) is 11.5 Å². The molecule has 3 aromatic rings. The average molecular weight is 450 g/mol. The largest absolute Gasteiger partial charge is 0.331 e. The molecule has 2 aromatic carbocycles. The van der Waals surface area contributed by atoms with E-state index in [2.05, 4.69) is 21.2 Å². The fraction of sp³-hybridized carbons (Fsp3) is 0.158. The minimum absolute atomic E-state index is 0.169. The molecular formula is C19H17Cl2N5O2S. The van der Waals surface area contributed by atoms with E-state index in [9.17, 15) is 9.59 Å². The molecular weight excluding hydrogens is 433 g/mol. The lowest BCUT2D eigenvalue weighted by Gasteiger charge is -2.14. The number of thiocarbonyl (C=S) groups is 1. The standard InChI is InChI=1S/C19H17Cl2N5O2S/c1-10-4-3-5-12(8-10)23-19(29)25-24-15(27)9-26-11(2)22-17-14(21)7-6-13(20)16(17)18(26)28/h3-8H,9H2,1-2H3,(H,24,27)(H2,23,25,29). The van der Waals surface area contributed by atoms with E-state index in [1.807, 2.05) is 31.2 Å². The first-order valence-electron chi connectivity index (χ1n) is 8.54. The third kappa shape index (κ3) is 4.84. The Labute approximate surface area is 182 Å². The fourth-order valence-electron chi connectivity index (χ4n) is 2.74. The minimum Gasteiger partial charge on any atom is -0.331 e. The molecule has 0 atom stereocenters. The van der Waals surface area contributed by atoms with Crippen LogP contribution in [-0.4, -0.2) is 20.6 Å². The normalized spacial score (nSPS) is 10.6. The summed E-state index contributed by atoms with van der Waals surface area (Å²) in [6.45, 7) is 3.31. The number of aryl methyl sites for hydroxylation is 2. The quantitative estimate of drug-likeness (QED) is 0.419. The molecule has 1 aromatic heterocycles. The molecule has 0 aliphatic rings. The highest BCUT2D eigenvalue weighted by Gasteiger charge is 2.16. The molecule has 0 bridgehead atoms. The predicted octanol–water partition coefficient (Wildman–Crippen LogP) is 3.34. The van der Waals surface area contributed by atoms with Crippen LogP contribution in [-0.2, 0) is 11.3 Å². The van der Waals surface area contributed by atoms with Crippen molar-refractivity contribution in [1.29, 1.82) is 0 Å². The molecule has 3 N–H and O–H groups in total. The third-order valence-corrected chi connectivity index (χ3v) is 4.92. The number of rotatable bonds is 3. The van der Waals surface area contributed by atoms with Gasteiger partial charge in [-0.25, -0.2) is 4.98 Å². The van der Waals surface area contributed by atoms with Crippen molar-refractivity contribution < 1.29 is 4.79 Å². The van der Waals surface area contributed by atoms with Crippen LogP contribution in [0.2, 0.25) is 10.0 Å². The Hall–Kier alpha value is -2.68. The zero-order valence-corrected chi connectivity index (χ0v) is 17.9.